The molecule has 2 nitrogen and oxygen atoms in total. The number of hydrogen-bond acceptors (Lipinski definition) is 2. The van der Waals surface area contributed by atoms with Crippen molar-refractivity contribution in [3.05, 3.63) is 0 Å². The van der Waals surface area contributed by atoms with Crippen LogP contribution in [0.1, 0.15) is 78.6 Å². The second-order valence-electron chi connectivity index (χ2n) is 6.94. The zero-order valence-electron chi connectivity index (χ0n) is 13.9. The number of rotatable bonds is 7. The predicted octanol–water partition coefficient (Wildman–Crippen LogP) is 4.53. The molecule has 0 amide bonds. The molecular formula is C18H35NO. The lowest BCUT2D eigenvalue weighted by atomic mass is 9.71. The van der Waals surface area contributed by atoms with E-state index in [2.05, 4.69) is 26.1 Å². The maximum Gasteiger partial charge on any atom is 0.0837 e. The number of hydrogen-bond donors (Lipinski definition) is 1. The van der Waals surface area contributed by atoms with Crippen molar-refractivity contribution >= 4 is 0 Å². The molecule has 2 fully saturated rings. The van der Waals surface area contributed by atoms with Crippen LogP contribution in [-0.4, -0.2) is 24.8 Å². The summed E-state index contributed by atoms with van der Waals surface area (Å²) >= 11 is 0. The first-order valence-corrected chi connectivity index (χ1v) is 9.13. The van der Waals surface area contributed by atoms with Crippen molar-refractivity contribution in [2.45, 2.75) is 90.2 Å². The van der Waals surface area contributed by atoms with Gasteiger partial charge >= 0.3 is 0 Å². The summed E-state index contributed by atoms with van der Waals surface area (Å²) in [5.74, 6) is 1.79. The average molecular weight is 281 g/mol. The van der Waals surface area contributed by atoms with Crippen molar-refractivity contribution in [1.29, 1.82) is 0 Å². The van der Waals surface area contributed by atoms with Crippen LogP contribution < -0.4 is 5.32 Å². The Hall–Kier alpha value is -0.0800. The number of nitrogens with one attached hydrogen (secondary N) is 1. The van der Waals surface area contributed by atoms with Crippen molar-refractivity contribution in [2.75, 3.05) is 13.2 Å². The summed E-state index contributed by atoms with van der Waals surface area (Å²) in [5.41, 5.74) is 0.144. The lowest BCUT2D eigenvalue weighted by Gasteiger charge is -2.45. The van der Waals surface area contributed by atoms with Crippen LogP contribution in [0.15, 0.2) is 0 Å². The van der Waals surface area contributed by atoms with Crippen LogP contribution in [-0.2, 0) is 4.74 Å². The van der Waals surface area contributed by atoms with Gasteiger partial charge in [0.05, 0.1) is 5.60 Å². The highest BCUT2D eigenvalue weighted by Gasteiger charge is 2.45. The molecule has 0 aromatic carbocycles. The largest absolute Gasteiger partial charge is 0.374 e. The molecule has 3 atom stereocenters. The highest BCUT2D eigenvalue weighted by molar-refractivity contribution is 5.01. The van der Waals surface area contributed by atoms with Crippen molar-refractivity contribution in [3.63, 3.8) is 0 Å². The van der Waals surface area contributed by atoms with Gasteiger partial charge in [0.1, 0.15) is 0 Å². The van der Waals surface area contributed by atoms with E-state index in [1.54, 1.807) is 0 Å². The third-order valence-corrected chi connectivity index (χ3v) is 5.74. The van der Waals surface area contributed by atoms with Gasteiger partial charge in [-0.25, -0.2) is 0 Å². The highest BCUT2D eigenvalue weighted by atomic mass is 16.5. The first-order chi connectivity index (χ1) is 9.75. The Morgan fingerprint density at radius 1 is 1.10 bits per heavy atom. The van der Waals surface area contributed by atoms with Crippen LogP contribution in [0.25, 0.3) is 0 Å². The van der Waals surface area contributed by atoms with Gasteiger partial charge in [0.2, 0.25) is 0 Å². The normalized spacial score (nSPS) is 31.4. The van der Waals surface area contributed by atoms with E-state index in [1.807, 2.05) is 0 Å². The van der Waals surface area contributed by atoms with E-state index >= 15 is 0 Å². The molecule has 0 aromatic rings. The molecule has 0 heterocycles. The number of ether oxygens (including phenoxy) is 1. The summed E-state index contributed by atoms with van der Waals surface area (Å²) in [6, 6.07) is 0.587. The summed E-state index contributed by atoms with van der Waals surface area (Å²) in [4.78, 5) is 0. The van der Waals surface area contributed by atoms with Crippen molar-refractivity contribution in [2.24, 2.45) is 11.8 Å². The van der Waals surface area contributed by atoms with Crippen molar-refractivity contribution in [1.82, 2.24) is 5.32 Å². The fourth-order valence-electron chi connectivity index (χ4n) is 4.81. The molecule has 118 valence electrons. The maximum atomic E-state index is 6.36. The Morgan fingerprint density at radius 2 is 1.85 bits per heavy atom. The molecule has 0 radical (unpaired) electrons. The van der Waals surface area contributed by atoms with Crippen molar-refractivity contribution in [3.8, 4) is 0 Å². The van der Waals surface area contributed by atoms with Crippen LogP contribution in [0.3, 0.4) is 0 Å². The minimum atomic E-state index is 0.144. The third kappa shape index (κ3) is 3.57. The predicted molar refractivity (Wildman–Crippen MR) is 86.0 cm³/mol. The zero-order chi connectivity index (χ0) is 14.4. The van der Waals surface area contributed by atoms with Crippen LogP contribution in [0.4, 0.5) is 0 Å². The van der Waals surface area contributed by atoms with E-state index in [-0.39, 0.29) is 5.60 Å². The minimum absolute atomic E-state index is 0.144. The minimum Gasteiger partial charge on any atom is -0.374 e. The topological polar surface area (TPSA) is 21.3 Å². The van der Waals surface area contributed by atoms with E-state index in [4.69, 9.17) is 4.74 Å². The smallest absolute Gasteiger partial charge is 0.0837 e. The van der Waals surface area contributed by atoms with Gasteiger partial charge in [-0.05, 0) is 51.0 Å². The van der Waals surface area contributed by atoms with Gasteiger partial charge in [-0.3, -0.25) is 0 Å². The van der Waals surface area contributed by atoms with Crippen LogP contribution >= 0.6 is 0 Å². The molecule has 20 heavy (non-hydrogen) atoms. The van der Waals surface area contributed by atoms with Gasteiger partial charge in [0.15, 0.2) is 0 Å². The van der Waals surface area contributed by atoms with Gasteiger partial charge in [0.25, 0.3) is 0 Å². The Balaban J connectivity index is 2.11. The number of likely N-dealkylation sites (N-methyl/N-ethyl adjacent to an activating group) is 1. The summed E-state index contributed by atoms with van der Waals surface area (Å²) in [6.07, 6.45) is 12.3. The molecule has 0 aromatic heterocycles. The molecule has 2 saturated carbocycles. The third-order valence-electron chi connectivity index (χ3n) is 5.74. The summed E-state index contributed by atoms with van der Waals surface area (Å²) in [7, 11) is 0. The lowest BCUT2D eigenvalue weighted by molar-refractivity contribution is -0.0807. The first-order valence-electron chi connectivity index (χ1n) is 9.13. The zero-order valence-corrected chi connectivity index (χ0v) is 13.9. The van der Waals surface area contributed by atoms with Gasteiger partial charge in [0, 0.05) is 12.6 Å². The van der Waals surface area contributed by atoms with Gasteiger partial charge in [-0.1, -0.05) is 46.0 Å². The average Bonchev–Trinajstić information content (AvgIpc) is 2.94. The molecule has 1 N–H and O–H groups in total. The molecule has 0 bridgehead atoms. The molecule has 0 spiro atoms. The first kappa shape index (κ1) is 16.3. The molecule has 3 unspecified atom stereocenters. The SMILES string of the molecule is CCNC(C1CCCC(CC)C1)C1(OCC)CCCC1. The van der Waals surface area contributed by atoms with E-state index in [0.29, 0.717) is 6.04 Å². The molecule has 2 aliphatic carbocycles. The second kappa shape index (κ2) is 7.79. The Morgan fingerprint density at radius 3 is 2.45 bits per heavy atom. The molecule has 0 saturated heterocycles. The highest BCUT2D eigenvalue weighted by Crippen LogP contribution is 2.43. The summed E-state index contributed by atoms with van der Waals surface area (Å²) in [6.45, 7) is 8.72. The van der Waals surface area contributed by atoms with Crippen LogP contribution in [0, 0.1) is 11.8 Å². The quantitative estimate of drug-likeness (QED) is 0.740. The fraction of sp³-hybridized carbons (Fsp3) is 1.00. The Kier molecular flexibility index (Phi) is 6.35. The summed E-state index contributed by atoms with van der Waals surface area (Å²) < 4.78 is 6.36. The molecule has 0 aliphatic heterocycles. The van der Waals surface area contributed by atoms with Gasteiger partial charge < -0.3 is 10.1 Å². The van der Waals surface area contributed by atoms with E-state index in [0.717, 1.165) is 25.0 Å². The standard InChI is InChI=1S/C18H35NO/c1-4-15-10-9-11-16(14-15)17(19-5-2)18(20-6-3)12-7-8-13-18/h15-17,19H,4-14H2,1-3H3. The van der Waals surface area contributed by atoms with E-state index in [9.17, 15) is 0 Å². The summed E-state index contributed by atoms with van der Waals surface area (Å²) in [5, 5.41) is 3.84. The monoisotopic (exact) mass is 281 g/mol. The second-order valence-corrected chi connectivity index (χ2v) is 6.94. The van der Waals surface area contributed by atoms with Crippen LogP contribution in [0.5, 0.6) is 0 Å². The molecule has 2 heteroatoms. The van der Waals surface area contributed by atoms with Crippen LogP contribution in [0.2, 0.25) is 0 Å². The fourth-order valence-corrected chi connectivity index (χ4v) is 4.81. The molecule has 2 rings (SSSR count). The molecular weight excluding hydrogens is 246 g/mol. The Labute approximate surface area is 126 Å². The van der Waals surface area contributed by atoms with Gasteiger partial charge in [-0.2, -0.15) is 0 Å². The van der Waals surface area contributed by atoms with Crippen molar-refractivity contribution < 1.29 is 4.74 Å². The van der Waals surface area contributed by atoms with E-state index < -0.39 is 0 Å². The lowest BCUT2D eigenvalue weighted by Crippen LogP contribution is -2.55. The van der Waals surface area contributed by atoms with E-state index in [1.165, 1.54) is 57.8 Å². The maximum absolute atomic E-state index is 6.36. The van der Waals surface area contributed by atoms with Gasteiger partial charge in [-0.15, -0.1) is 0 Å². The Bertz CT molecular complexity index is 273. The molecule has 2 aliphatic rings.